The maximum absolute atomic E-state index is 5.78. The van der Waals surface area contributed by atoms with Crippen molar-refractivity contribution in [2.24, 2.45) is 7.05 Å². The van der Waals surface area contributed by atoms with Crippen LogP contribution >= 0.6 is 0 Å². The zero-order valence-corrected chi connectivity index (χ0v) is 11.6. The molecule has 0 spiro atoms. The van der Waals surface area contributed by atoms with Gasteiger partial charge in [0.05, 0.1) is 18.4 Å². The zero-order chi connectivity index (χ0) is 13.0. The van der Waals surface area contributed by atoms with Crippen molar-refractivity contribution >= 4 is 0 Å². The molecule has 5 heteroatoms. The maximum atomic E-state index is 5.78. The summed E-state index contributed by atoms with van der Waals surface area (Å²) in [5.41, 5.74) is 1.21. The second kappa shape index (κ2) is 6.31. The van der Waals surface area contributed by atoms with Gasteiger partial charge in [-0.3, -0.25) is 9.58 Å². The van der Waals surface area contributed by atoms with E-state index in [4.69, 9.17) is 4.74 Å². The lowest BCUT2D eigenvalue weighted by atomic mass is 10.2. The second-order valence-electron chi connectivity index (χ2n) is 4.90. The van der Waals surface area contributed by atoms with Crippen LogP contribution in [0.4, 0.5) is 0 Å². The van der Waals surface area contributed by atoms with Crippen molar-refractivity contribution in [3.63, 3.8) is 0 Å². The quantitative estimate of drug-likeness (QED) is 0.841. The van der Waals surface area contributed by atoms with E-state index in [-0.39, 0.29) is 0 Å². The minimum atomic E-state index is 0.300. The summed E-state index contributed by atoms with van der Waals surface area (Å²) >= 11 is 0. The van der Waals surface area contributed by atoms with Gasteiger partial charge >= 0.3 is 0 Å². The lowest BCUT2D eigenvalue weighted by molar-refractivity contribution is -0.0262. The number of aryl methyl sites for hydroxylation is 1. The van der Waals surface area contributed by atoms with Crippen molar-refractivity contribution < 1.29 is 4.74 Å². The molecule has 0 aromatic carbocycles. The smallest absolute Gasteiger partial charge is 0.0826 e. The molecule has 1 aromatic rings. The summed E-state index contributed by atoms with van der Waals surface area (Å²) in [6.45, 7) is 9.30. The average molecular weight is 252 g/mol. The Morgan fingerprint density at radius 1 is 1.61 bits per heavy atom. The van der Waals surface area contributed by atoms with E-state index in [9.17, 15) is 0 Å². The SMILES string of the molecule is CCN1CCOC(CNC(C)c2ccnn2C)C1. The number of ether oxygens (including phenoxy) is 1. The highest BCUT2D eigenvalue weighted by Gasteiger charge is 2.20. The Bertz CT molecular complexity index is 366. The van der Waals surface area contributed by atoms with Crippen LogP contribution in [0, 0.1) is 0 Å². The van der Waals surface area contributed by atoms with E-state index in [1.807, 2.05) is 17.9 Å². The van der Waals surface area contributed by atoms with Gasteiger partial charge in [0.2, 0.25) is 0 Å². The number of nitrogens with one attached hydrogen (secondary N) is 1. The molecule has 0 aliphatic carbocycles. The Labute approximate surface area is 109 Å². The van der Waals surface area contributed by atoms with Crippen molar-refractivity contribution in [3.8, 4) is 0 Å². The number of hydrogen-bond donors (Lipinski definition) is 1. The highest BCUT2D eigenvalue weighted by Crippen LogP contribution is 2.11. The van der Waals surface area contributed by atoms with E-state index in [0.717, 1.165) is 32.8 Å². The van der Waals surface area contributed by atoms with Crippen molar-refractivity contribution in [2.45, 2.75) is 26.0 Å². The van der Waals surface area contributed by atoms with Gasteiger partial charge in [-0.25, -0.2) is 0 Å². The van der Waals surface area contributed by atoms with E-state index in [1.54, 1.807) is 0 Å². The minimum Gasteiger partial charge on any atom is -0.374 e. The molecule has 0 amide bonds. The van der Waals surface area contributed by atoms with E-state index in [1.165, 1.54) is 5.69 Å². The van der Waals surface area contributed by atoms with Crippen LogP contribution < -0.4 is 5.32 Å². The van der Waals surface area contributed by atoms with Gasteiger partial charge in [0.25, 0.3) is 0 Å². The number of likely N-dealkylation sites (N-methyl/N-ethyl adjacent to an activating group) is 1. The van der Waals surface area contributed by atoms with Crippen molar-refractivity contribution in [1.82, 2.24) is 20.0 Å². The number of hydrogen-bond acceptors (Lipinski definition) is 4. The van der Waals surface area contributed by atoms with Gasteiger partial charge in [0, 0.05) is 38.9 Å². The molecule has 1 fully saturated rings. The molecule has 1 aliphatic heterocycles. The van der Waals surface area contributed by atoms with E-state index in [0.29, 0.717) is 12.1 Å². The lowest BCUT2D eigenvalue weighted by Gasteiger charge is -2.32. The number of nitrogens with zero attached hydrogens (tertiary/aromatic N) is 3. The first-order chi connectivity index (χ1) is 8.70. The average Bonchev–Trinajstić information content (AvgIpc) is 2.82. The Morgan fingerprint density at radius 3 is 3.11 bits per heavy atom. The van der Waals surface area contributed by atoms with Gasteiger partial charge in [0.1, 0.15) is 0 Å². The third-order valence-corrected chi connectivity index (χ3v) is 3.62. The Hall–Kier alpha value is -0.910. The van der Waals surface area contributed by atoms with E-state index < -0.39 is 0 Å². The highest BCUT2D eigenvalue weighted by atomic mass is 16.5. The third-order valence-electron chi connectivity index (χ3n) is 3.62. The van der Waals surface area contributed by atoms with Gasteiger partial charge < -0.3 is 10.1 Å². The molecule has 102 valence electrons. The van der Waals surface area contributed by atoms with E-state index >= 15 is 0 Å². The Balaban J connectivity index is 1.79. The molecule has 1 aliphatic rings. The van der Waals surface area contributed by atoms with Crippen LogP contribution in [-0.2, 0) is 11.8 Å². The minimum absolute atomic E-state index is 0.300. The first-order valence-electron chi connectivity index (χ1n) is 6.76. The Kier molecular flexibility index (Phi) is 4.74. The maximum Gasteiger partial charge on any atom is 0.0826 e. The summed E-state index contributed by atoms with van der Waals surface area (Å²) in [5, 5.41) is 7.72. The Morgan fingerprint density at radius 2 is 2.44 bits per heavy atom. The van der Waals surface area contributed by atoms with Crippen LogP contribution in [0.25, 0.3) is 0 Å². The first-order valence-corrected chi connectivity index (χ1v) is 6.76. The molecule has 0 saturated carbocycles. The molecule has 2 atom stereocenters. The van der Waals surface area contributed by atoms with Crippen molar-refractivity contribution in [3.05, 3.63) is 18.0 Å². The summed E-state index contributed by atoms with van der Waals surface area (Å²) in [4.78, 5) is 2.44. The highest BCUT2D eigenvalue weighted by molar-refractivity contribution is 5.05. The van der Waals surface area contributed by atoms with Crippen LogP contribution in [0.5, 0.6) is 0 Å². The normalized spacial score (nSPS) is 23.2. The largest absolute Gasteiger partial charge is 0.374 e. The molecule has 5 nitrogen and oxygen atoms in total. The molecular weight excluding hydrogens is 228 g/mol. The van der Waals surface area contributed by atoms with E-state index in [2.05, 4.69) is 35.2 Å². The monoisotopic (exact) mass is 252 g/mol. The van der Waals surface area contributed by atoms with Crippen molar-refractivity contribution in [1.29, 1.82) is 0 Å². The molecule has 2 rings (SSSR count). The predicted molar refractivity (Wildman–Crippen MR) is 71.5 cm³/mol. The predicted octanol–water partition coefficient (Wildman–Crippen LogP) is 0.791. The van der Waals surface area contributed by atoms with Gasteiger partial charge in [-0.2, -0.15) is 5.10 Å². The molecule has 1 N–H and O–H groups in total. The molecule has 2 heterocycles. The number of aromatic nitrogens is 2. The number of rotatable bonds is 5. The summed E-state index contributed by atoms with van der Waals surface area (Å²) in [5.74, 6) is 0. The van der Waals surface area contributed by atoms with Crippen molar-refractivity contribution in [2.75, 3.05) is 32.8 Å². The fourth-order valence-corrected chi connectivity index (χ4v) is 2.41. The summed E-state index contributed by atoms with van der Waals surface area (Å²) in [6.07, 6.45) is 2.14. The summed E-state index contributed by atoms with van der Waals surface area (Å²) < 4.78 is 7.70. The van der Waals surface area contributed by atoms with Crippen LogP contribution in [-0.4, -0.2) is 53.6 Å². The summed E-state index contributed by atoms with van der Waals surface area (Å²) in [6, 6.07) is 2.36. The number of morpholine rings is 1. The van der Waals surface area contributed by atoms with Gasteiger partial charge in [-0.15, -0.1) is 0 Å². The van der Waals surface area contributed by atoms with Crippen LogP contribution in [0.1, 0.15) is 25.6 Å². The third kappa shape index (κ3) is 3.31. The topological polar surface area (TPSA) is 42.3 Å². The molecular formula is C13H24N4O. The standard InChI is InChI=1S/C13H24N4O/c1-4-17-7-8-18-12(10-17)9-14-11(2)13-5-6-15-16(13)3/h5-6,11-12,14H,4,7-10H2,1-3H3. The molecule has 0 bridgehead atoms. The summed E-state index contributed by atoms with van der Waals surface area (Å²) in [7, 11) is 1.98. The van der Waals surface area contributed by atoms with Gasteiger partial charge in [-0.1, -0.05) is 6.92 Å². The molecule has 2 unspecified atom stereocenters. The fourth-order valence-electron chi connectivity index (χ4n) is 2.41. The van der Waals surface area contributed by atoms with Gasteiger partial charge in [0.15, 0.2) is 0 Å². The van der Waals surface area contributed by atoms with Crippen LogP contribution in [0.15, 0.2) is 12.3 Å². The van der Waals surface area contributed by atoms with Gasteiger partial charge in [-0.05, 0) is 19.5 Å². The molecule has 1 saturated heterocycles. The zero-order valence-electron chi connectivity index (χ0n) is 11.6. The fraction of sp³-hybridized carbons (Fsp3) is 0.769. The van der Waals surface area contributed by atoms with Crippen LogP contribution in [0.2, 0.25) is 0 Å². The lowest BCUT2D eigenvalue weighted by Crippen LogP contribution is -2.46. The molecule has 0 radical (unpaired) electrons. The second-order valence-corrected chi connectivity index (χ2v) is 4.90. The molecule has 18 heavy (non-hydrogen) atoms. The molecule has 1 aromatic heterocycles. The first kappa shape index (κ1) is 13.5. The van der Waals surface area contributed by atoms with Crippen LogP contribution in [0.3, 0.4) is 0 Å².